The average molecular weight is 451 g/mol. The van der Waals surface area contributed by atoms with Gasteiger partial charge in [0.1, 0.15) is 5.75 Å². The van der Waals surface area contributed by atoms with Gasteiger partial charge in [0.25, 0.3) is 5.91 Å². The third-order valence-electron chi connectivity index (χ3n) is 4.86. The van der Waals surface area contributed by atoms with Gasteiger partial charge in [-0.1, -0.05) is 24.3 Å². The van der Waals surface area contributed by atoms with Gasteiger partial charge in [0.2, 0.25) is 0 Å². The molecule has 0 atom stereocenters. The molecule has 3 aromatic carbocycles. The second-order valence-electron chi connectivity index (χ2n) is 6.99. The van der Waals surface area contributed by atoms with E-state index in [-0.39, 0.29) is 45.3 Å². The first-order valence-electron chi connectivity index (χ1n) is 9.68. The Kier molecular flexibility index (Phi) is 5.95. The zero-order valence-corrected chi connectivity index (χ0v) is 16.8. The molecule has 1 aliphatic rings. The predicted molar refractivity (Wildman–Crippen MR) is 112 cm³/mol. The topological polar surface area (TPSA) is 98.8 Å². The number of rotatable bonds is 6. The maximum absolute atomic E-state index is 12.8. The van der Waals surface area contributed by atoms with Crippen LogP contribution in [-0.2, 0) is 9.53 Å². The lowest BCUT2D eigenvalue weighted by Crippen LogP contribution is -2.23. The Labute approximate surface area is 185 Å². The number of hydrogen-bond acceptors (Lipinski definition) is 6. The molecule has 0 saturated carbocycles. The summed E-state index contributed by atoms with van der Waals surface area (Å²) in [6.45, 7) is -3.61. The largest absolute Gasteiger partial charge is 0.452 e. The highest BCUT2D eigenvalue weighted by molar-refractivity contribution is 6.28. The SMILES string of the molecule is O=C(COC(=O)c1ccc(OC(F)F)cc1)Nc1ccc2c(c1)C(=O)c1ccccc1C2=O. The molecular weight excluding hydrogens is 436 g/mol. The van der Waals surface area contributed by atoms with Crippen molar-refractivity contribution in [3.63, 3.8) is 0 Å². The van der Waals surface area contributed by atoms with Gasteiger partial charge in [-0.2, -0.15) is 8.78 Å². The second kappa shape index (κ2) is 8.99. The highest BCUT2D eigenvalue weighted by atomic mass is 19.3. The number of esters is 1. The van der Waals surface area contributed by atoms with Crippen LogP contribution in [0, 0.1) is 0 Å². The van der Waals surface area contributed by atoms with Crippen LogP contribution < -0.4 is 10.1 Å². The molecule has 0 aliphatic heterocycles. The second-order valence-corrected chi connectivity index (χ2v) is 6.99. The van der Waals surface area contributed by atoms with E-state index in [9.17, 15) is 28.0 Å². The van der Waals surface area contributed by atoms with Crippen LogP contribution in [0.4, 0.5) is 14.5 Å². The fourth-order valence-corrected chi connectivity index (χ4v) is 3.36. The molecule has 166 valence electrons. The van der Waals surface area contributed by atoms with Gasteiger partial charge >= 0.3 is 12.6 Å². The van der Waals surface area contributed by atoms with Crippen LogP contribution in [0.15, 0.2) is 66.7 Å². The zero-order valence-electron chi connectivity index (χ0n) is 16.8. The highest BCUT2D eigenvalue weighted by Gasteiger charge is 2.29. The summed E-state index contributed by atoms with van der Waals surface area (Å²) in [4.78, 5) is 49.6. The number of nitrogens with one attached hydrogen (secondary N) is 1. The van der Waals surface area contributed by atoms with E-state index in [1.807, 2.05) is 0 Å². The van der Waals surface area contributed by atoms with Crippen LogP contribution in [-0.4, -0.2) is 36.7 Å². The minimum absolute atomic E-state index is 0.0426. The summed E-state index contributed by atoms with van der Waals surface area (Å²) in [5.74, 6) is -2.24. The molecule has 4 rings (SSSR count). The van der Waals surface area contributed by atoms with Crippen molar-refractivity contribution >= 4 is 29.1 Å². The van der Waals surface area contributed by atoms with Crippen molar-refractivity contribution in [2.24, 2.45) is 0 Å². The smallest absolute Gasteiger partial charge is 0.387 e. The molecule has 33 heavy (non-hydrogen) atoms. The van der Waals surface area contributed by atoms with Gasteiger partial charge in [-0.3, -0.25) is 14.4 Å². The third-order valence-corrected chi connectivity index (χ3v) is 4.86. The van der Waals surface area contributed by atoms with Crippen molar-refractivity contribution < 1.29 is 37.4 Å². The number of fused-ring (bicyclic) bond motifs is 2. The Hall–Kier alpha value is -4.40. The van der Waals surface area contributed by atoms with Crippen LogP contribution in [0.5, 0.6) is 5.75 Å². The van der Waals surface area contributed by atoms with Crippen molar-refractivity contribution in [1.29, 1.82) is 0 Å². The molecule has 7 nitrogen and oxygen atoms in total. The van der Waals surface area contributed by atoms with Crippen molar-refractivity contribution in [2.45, 2.75) is 6.61 Å². The van der Waals surface area contributed by atoms with Crippen LogP contribution in [0.1, 0.15) is 42.2 Å². The Morgan fingerprint density at radius 1 is 0.818 bits per heavy atom. The third kappa shape index (κ3) is 4.62. The first-order chi connectivity index (χ1) is 15.8. The Bertz CT molecular complexity index is 1270. The number of carbonyl (C=O) groups is 4. The lowest BCUT2D eigenvalue weighted by molar-refractivity contribution is -0.119. The molecule has 1 amide bonds. The fourth-order valence-electron chi connectivity index (χ4n) is 3.36. The Morgan fingerprint density at radius 3 is 2.06 bits per heavy atom. The molecule has 0 fully saturated rings. The first-order valence-corrected chi connectivity index (χ1v) is 9.68. The molecule has 1 N–H and O–H groups in total. The van der Waals surface area contributed by atoms with Gasteiger partial charge in [-0.25, -0.2) is 4.79 Å². The Balaban J connectivity index is 1.39. The van der Waals surface area contributed by atoms with E-state index in [1.54, 1.807) is 24.3 Å². The zero-order chi connectivity index (χ0) is 23.5. The number of carbonyl (C=O) groups excluding carboxylic acids is 4. The molecule has 0 aromatic heterocycles. The summed E-state index contributed by atoms with van der Waals surface area (Å²) in [6.07, 6.45) is 0. The summed E-state index contributed by atoms with van der Waals surface area (Å²) >= 11 is 0. The normalized spacial score (nSPS) is 12.1. The lowest BCUT2D eigenvalue weighted by atomic mass is 9.84. The van der Waals surface area contributed by atoms with Gasteiger partial charge in [0.05, 0.1) is 5.56 Å². The van der Waals surface area contributed by atoms with Crippen LogP contribution in [0.2, 0.25) is 0 Å². The maximum Gasteiger partial charge on any atom is 0.387 e. The number of hydrogen-bond donors (Lipinski definition) is 1. The van der Waals surface area contributed by atoms with Crippen molar-refractivity contribution in [1.82, 2.24) is 0 Å². The number of ketones is 2. The monoisotopic (exact) mass is 451 g/mol. The molecular formula is C24H15F2NO6. The van der Waals surface area contributed by atoms with Gasteiger partial charge in [-0.15, -0.1) is 0 Å². The summed E-state index contributed by atoms with van der Waals surface area (Å²) in [6, 6.07) is 15.6. The van der Waals surface area contributed by atoms with Crippen LogP contribution >= 0.6 is 0 Å². The van der Waals surface area contributed by atoms with E-state index >= 15 is 0 Å². The minimum Gasteiger partial charge on any atom is -0.452 e. The first kappa shape index (κ1) is 21.8. The standard InChI is InChI=1S/C24H15F2NO6/c25-24(26)33-15-8-5-13(6-9-15)23(31)32-12-20(28)27-14-7-10-18-19(11-14)22(30)17-4-2-1-3-16(17)21(18)29/h1-11,24H,12H2,(H,27,28). The van der Waals surface area contributed by atoms with Crippen molar-refractivity contribution in [3.05, 3.63) is 94.5 Å². The van der Waals surface area contributed by atoms with E-state index in [1.165, 1.54) is 42.5 Å². The minimum atomic E-state index is -2.99. The molecule has 3 aromatic rings. The summed E-state index contributed by atoms with van der Waals surface area (Å²) < 4.78 is 33.5. The maximum atomic E-state index is 12.8. The van der Waals surface area contributed by atoms with E-state index in [4.69, 9.17) is 4.74 Å². The summed E-state index contributed by atoms with van der Waals surface area (Å²) in [5.41, 5.74) is 1.32. The number of alkyl halides is 2. The number of amides is 1. The highest BCUT2D eigenvalue weighted by Crippen LogP contribution is 2.29. The number of benzene rings is 3. The van der Waals surface area contributed by atoms with Crippen LogP contribution in [0.3, 0.4) is 0 Å². The molecule has 0 saturated heterocycles. The quantitative estimate of drug-likeness (QED) is 0.447. The summed E-state index contributed by atoms with van der Waals surface area (Å²) in [7, 11) is 0. The van der Waals surface area contributed by atoms with Gasteiger partial charge < -0.3 is 14.8 Å². The average Bonchev–Trinajstić information content (AvgIpc) is 2.81. The summed E-state index contributed by atoms with van der Waals surface area (Å²) in [5, 5.41) is 2.51. The van der Waals surface area contributed by atoms with E-state index in [0.29, 0.717) is 5.56 Å². The molecule has 0 spiro atoms. The van der Waals surface area contributed by atoms with Crippen LogP contribution in [0.25, 0.3) is 0 Å². The van der Waals surface area contributed by atoms with Gasteiger partial charge in [0, 0.05) is 27.9 Å². The molecule has 1 aliphatic carbocycles. The lowest BCUT2D eigenvalue weighted by Gasteiger charge is -2.18. The van der Waals surface area contributed by atoms with E-state index in [2.05, 4.69) is 10.1 Å². The Morgan fingerprint density at radius 2 is 1.42 bits per heavy atom. The molecule has 9 heteroatoms. The molecule has 0 bridgehead atoms. The fraction of sp³-hybridized carbons (Fsp3) is 0.0833. The number of anilines is 1. The number of halogens is 2. The molecule has 0 radical (unpaired) electrons. The van der Waals surface area contributed by atoms with Crippen molar-refractivity contribution in [2.75, 3.05) is 11.9 Å². The van der Waals surface area contributed by atoms with E-state index < -0.39 is 25.1 Å². The van der Waals surface area contributed by atoms with Gasteiger partial charge in [-0.05, 0) is 42.5 Å². The molecule has 0 heterocycles. The molecule has 0 unspecified atom stereocenters. The number of ether oxygens (including phenoxy) is 2. The van der Waals surface area contributed by atoms with Crippen molar-refractivity contribution in [3.8, 4) is 5.75 Å². The predicted octanol–water partition coefficient (Wildman–Crippen LogP) is 3.86. The van der Waals surface area contributed by atoms with Gasteiger partial charge in [0.15, 0.2) is 18.2 Å². The van der Waals surface area contributed by atoms with E-state index in [0.717, 1.165) is 0 Å².